The molecule has 21 heavy (non-hydrogen) atoms. The molecule has 6 heteroatoms. The smallest absolute Gasteiger partial charge is 0.326 e. The van der Waals surface area contributed by atoms with Crippen LogP contribution in [0.25, 0.3) is 0 Å². The monoisotopic (exact) mass is 296 g/mol. The lowest BCUT2D eigenvalue weighted by atomic mass is 9.99. The van der Waals surface area contributed by atoms with Crippen LogP contribution < -0.4 is 5.32 Å². The third-order valence-corrected chi connectivity index (χ3v) is 4.54. The number of nitrogens with one attached hydrogen (secondary N) is 1. The molecule has 0 radical (unpaired) electrons. The molecule has 0 spiro atoms. The van der Waals surface area contributed by atoms with Crippen LogP contribution in [-0.4, -0.2) is 46.4 Å². The Labute approximate surface area is 124 Å². The maximum atomic E-state index is 12.4. The fourth-order valence-electron chi connectivity index (χ4n) is 2.80. The Hall–Kier alpha value is -1.59. The van der Waals surface area contributed by atoms with E-state index >= 15 is 0 Å². The van der Waals surface area contributed by atoms with Gasteiger partial charge in [0.05, 0.1) is 0 Å². The van der Waals surface area contributed by atoms with Crippen LogP contribution in [-0.2, 0) is 14.4 Å². The van der Waals surface area contributed by atoms with Crippen LogP contribution in [0.2, 0.25) is 0 Å². The average molecular weight is 296 g/mol. The van der Waals surface area contributed by atoms with E-state index in [1.165, 1.54) is 0 Å². The minimum atomic E-state index is -1.02. The highest BCUT2D eigenvalue weighted by Crippen LogP contribution is 2.33. The summed E-state index contributed by atoms with van der Waals surface area (Å²) >= 11 is 0. The van der Waals surface area contributed by atoms with Crippen molar-refractivity contribution >= 4 is 17.8 Å². The second-order valence-corrected chi connectivity index (χ2v) is 6.17. The van der Waals surface area contributed by atoms with E-state index in [4.69, 9.17) is 0 Å². The summed E-state index contributed by atoms with van der Waals surface area (Å²) in [6, 6.07) is -1.38. The van der Waals surface area contributed by atoms with Crippen molar-refractivity contribution in [1.29, 1.82) is 0 Å². The van der Waals surface area contributed by atoms with Crippen molar-refractivity contribution in [3.8, 4) is 0 Å². The molecular weight excluding hydrogens is 272 g/mol. The van der Waals surface area contributed by atoms with Crippen molar-refractivity contribution < 1.29 is 19.5 Å². The third-order valence-electron chi connectivity index (χ3n) is 4.54. The molecule has 1 aliphatic heterocycles. The molecule has 3 atom stereocenters. The maximum absolute atomic E-state index is 12.4. The maximum Gasteiger partial charge on any atom is 0.326 e. The first-order chi connectivity index (χ1) is 9.95. The van der Waals surface area contributed by atoms with E-state index in [-0.39, 0.29) is 23.7 Å². The number of aliphatic carboxylic acids is 1. The molecule has 1 saturated carbocycles. The molecule has 1 saturated heterocycles. The number of likely N-dealkylation sites (tertiary alicyclic amines) is 1. The molecule has 0 aromatic rings. The van der Waals surface area contributed by atoms with Crippen LogP contribution in [0.5, 0.6) is 0 Å². The van der Waals surface area contributed by atoms with Gasteiger partial charge in [0.25, 0.3) is 0 Å². The summed E-state index contributed by atoms with van der Waals surface area (Å²) in [6.07, 6.45) is 3.92. The van der Waals surface area contributed by atoms with Gasteiger partial charge in [-0.25, -0.2) is 4.79 Å². The lowest BCUT2D eigenvalue weighted by Crippen LogP contribution is -2.53. The zero-order valence-electron chi connectivity index (χ0n) is 12.7. The highest BCUT2D eigenvalue weighted by molar-refractivity contribution is 5.92. The number of rotatable bonds is 6. The van der Waals surface area contributed by atoms with Crippen molar-refractivity contribution in [1.82, 2.24) is 10.2 Å². The first-order valence-corrected chi connectivity index (χ1v) is 7.79. The topological polar surface area (TPSA) is 86.7 Å². The molecule has 2 fully saturated rings. The fraction of sp³-hybridized carbons (Fsp3) is 0.800. The Bertz CT molecular complexity index is 433. The summed E-state index contributed by atoms with van der Waals surface area (Å²) in [5.74, 6) is -1.34. The van der Waals surface area contributed by atoms with Crippen molar-refractivity contribution in [3.63, 3.8) is 0 Å². The molecular formula is C15H24N2O4. The SMILES string of the molecule is CC[C@H](C)[C@H](NC(=O)C1CCCN1C(=O)C1CC1)C(=O)O. The Morgan fingerprint density at radius 2 is 1.95 bits per heavy atom. The fourth-order valence-corrected chi connectivity index (χ4v) is 2.80. The lowest BCUT2D eigenvalue weighted by Gasteiger charge is -2.27. The molecule has 0 bridgehead atoms. The Morgan fingerprint density at radius 1 is 1.29 bits per heavy atom. The van der Waals surface area contributed by atoms with E-state index in [0.29, 0.717) is 19.4 Å². The predicted octanol–water partition coefficient (Wildman–Crippen LogP) is 1.00. The van der Waals surface area contributed by atoms with Crippen molar-refractivity contribution in [2.24, 2.45) is 11.8 Å². The summed E-state index contributed by atoms with van der Waals surface area (Å²) in [4.78, 5) is 37.5. The summed E-state index contributed by atoms with van der Waals surface area (Å²) in [5.41, 5.74) is 0. The van der Waals surface area contributed by atoms with Crippen molar-refractivity contribution in [3.05, 3.63) is 0 Å². The Morgan fingerprint density at radius 3 is 2.48 bits per heavy atom. The van der Waals surface area contributed by atoms with Gasteiger partial charge in [0.1, 0.15) is 12.1 Å². The third kappa shape index (κ3) is 3.54. The van der Waals surface area contributed by atoms with E-state index < -0.39 is 18.1 Å². The number of nitrogens with zero attached hydrogens (tertiary/aromatic N) is 1. The molecule has 118 valence electrons. The highest BCUT2D eigenvalue weighted by Gasteiger charge is 2.41. The standard InChI is InChI=1S/C15H24N2O4/c1-3-9(2)12(15(20)21)16-13(18)11-5-4-8-17(11)14(19)10-6-7-10/h9-12H,3-8H2,1-2H3,(H,16,18)(H,20,21)/t9-,11?,12-/m0/s1. The average Bonchev–Trinajstić information content (AvgIpc) is 3.19. The second kappa shape index (κ2) is 6.45. The van der Waals surface area contributed by atoms with Crippen LogP contribution >= 0.6 is 0 Å². The zero-order chi connectivity index (χ0) is 15.6. The van der Waals surface area contributed by atoms with Gasteiger partial charge in [-0.1, -0.05) is 20.3 Å². The first kappa shape index (κ1) is 15.8. The molecule has 0 aromatic carbocycles. The molecule has 2 aliphatic rings. The van der Waals surface area contributed by atoms with Crippen LogP contribution in [0.4, 0.5) is 0 Å². The number of hydrogen-bond acceptors (Lipinski definition) is 3. The van der Waals surface area contributed by atoms with Gasteiger partial charge in [0.2, 0.25) is 11.8 Å². The van der Waals surface area contributed by atoms with Crippen LogP contribution in [0.3, 0.4) is 0 Å². The van der Waals surface area contributed by atoms with Crippen LogP contribution in [0.1, 0.15) is 46.0 Å². The Kier molecular flexibility index (Phi) is 4.85. The number of carboxylic acid groups (broad SMARTS) is 1. The predicted molar refractivity (Wildman–Crippen MR) is 76.5 cm³/mol. The van der Waals surface area contributed by atoms with E-state index in [1.54, 1.807) is 11.8 Å². The summed E-state index contributed by atoms with van der Waals surface area (Å²) in [6.45, 7) is 4.31. The van der Waals surface area contributed by atoms with E-state index in [2.05, 4.69) is 5.32 Å². The van der Waals surface area contributed by atoms with E-state index in [0.717, 1.165) is 19.3 Å². The summed E-state index contributed by atoms with van der Waals surface area (Å²) in [5, 5.41) is 11.9. The van der Waals surface area contributed by atoms with E-state index in [9.17, 15) is 19.5 Å². The highest BCUT2D eigenvalue weighted by atomic mass is 16.4. The van der Waals surface area contributed by atoms with Gasteiger partial charge in [-0.3, -0.25) is 9.59 Å². The number of hydrogen-bond donors (Lipinski definition) is 2. The summed E-state index contributed by atoms with van der Waals surface area (Å²) < 4.78 is 0. The minimum absolute atomic E-state index is 0.0584. The quantitative estimate of drug-likeness (QED) is 0.765. The largest absolute Gasteiger partial charge is 0.480 e. The van der Waals surface area contributed by atoms with Gasteiger partial charge in [0, 0.05) is 12.5 Å². The van der Waals surface area contributed by atoms with E-state index in [1.807, 2.05) is 6.92 Å². The molecule has 2 rings (SSSR count). The van der Waals surface area contributed by atoms with Gasteiger partial charge in [-0.15, -0.1) is 0 Å². The summed E-state index contributed by atoms with van der Waals surface area (Å²) in [7, 11) is 0. The molecule has 0 aromatic heterocycles. The van der Waals surface area contributed by atoms with Gasteiger partial charge < -0.3 is 15.3 Å². The Balaban J connectivity index is 2.00. The van der Waals surface area contributed by atoms with Gasteiger partial charge in [-0.2, -0.15) is 0 Å². The molecule has 1 heterocycles. The number of carboxylic acids is 1. The van der Waals surface area contributed by atoms with Crippen molar-refractivity contribution in [2.45, 2.75) is 58.0 Å². The molecule has 1 unspecified atom stereocenters. The van der Waals surface area contributed by atoms with Gasteiger partial charge in [0.15, 0.2) is 0 Å². The van der Waals surface area contributed by atoms with Gasteiger partial charge >= 0.3 is 5.97 Å². The second-order valence-electron chi connectivity index (χ2n) is 6.17. The van der Waals surface area contributed by atoms with Crippen LogP contribution in [0.15, 0.2) is 0 Å². The lowest BCUT2D eigenvalue weighted by molar-refractivity contribution is -0.145. The molecule has 2 N–H and O–H groups in total. The first-order valence-electron chi connectivity index (χ1n) is 7.79. The van der Waals surface area contributed by atoms with Gasteiger partial charge in [-0.05, 0) is 31.6 Å². The molecule has 6 nitrogen and oxygen atoms in total. The number of carbonyl (C=O) groups excluding carboxylic acids is 2. The molecule has 2 amide bonds. The number of carbonyl (C=O) groups is 3. The molecule has 1 aliphatic carbocycles. The normalized spacial score (nSPS) is 24.5. The van der Waals surface area contributed by atoms with Crippen molar-refractivity contribution in [2.75, 3.05) is 6.54 Å². The minimum Gasteiger partial charge on any atom is -0.480 e. The zero-order valence-corrected chi connectivity index (χ0v) is 12.7. The van der Waals surface area contributed by atoms with Crippen LogP contribution in [0, 0.1) is 11.8 Å². The number of amides is 2.